The van der Waals surface area contributed by atoms with Crippen LogP contribution in [-0.4, -0.2) is 12.1 Å². The summed E-state index contributed by atoms with van der Waals surface area (Å²) in [5, 5.41) is 0. The zero-order chi connectivity index (χ0) is 12.1. The van der Waals surface area contributed by atoms with E-state index < -0.39 is 0 Å². The number of benzene rings is 1. The molecule has 0 atom stereocenters. The number of ether oxygens (including phenoxy) is 2. The molecule has 3 nitrogen and oxygen atoms in total. The third-order valence-electron chi connectivity index (χ3n) is 2.28. The minimum absolute atomic E-state index is 0.476. The number of halogens is 1. The molecule has 0 saturated carbocycles. The summed E-state index contributed by atoms with van der Waals surface area (Å²) in [5.41, 5.74) is 1.04. The topological polar surface area (TPSA) is 31.4 Å². The minimum atomic E-state index is 0.476. The lowest BCUT2D eigenvalue weighted by molar-refractivity contribution is 0.303. The number of aromatic nitrogens is 1. The Morgan fingerprint density at radius 1 is 1.24 bits per heavy atom. The second kappa shape index (κ2) is 5.68. The van der Waals surface area contributed by atoms with Crippen LogP contribution >= 0.6 is 15.9 Å². The van der Waals surface area contributed by atoms with Gasteiger partial charge in [0.15, 0.2) is 0 Å². The van der Waals surface area contributed by atoms with E-state index in [9.17, 15) is 0 Å². The summed E-state index contributed by atoms with van der Waals surface area (Å²) < 4.78 is 11.8. The quantitative estimate of drug-likeness (QED) is 0.865. The second-order valence-electron chi connectivity index (χ2n) is 3.43. The van der Waals surface area contributed by atoms with Crippen LogP contribution in [0.15, 0.2) is 47.2 Å². The van der Waals surface area contributed by atoms with E-state index in [1.54, 1.807) is 19.5 Å². The molecule has 0 unspecified atom stereocenters. The van der Waals surface area contributed by atoms with Crippen LogP contribution in [0.2, 0.25) is 0 Å². The maximum atomic E-state index is 5.62. The standard InChI is InChI=1S/C13H12BrNO2/c1-16-11-4-5-13(14)10(7-11)9-17-12-3-2-6-15-8-12/h2-8H,9H2,1H3. The van der Waals surface area contributed by atoms with Crippen LogP contribution in [0.25, 0.3) is 0 Å². The van der Waals surface area contributed by atoms with Gasteiger partial charge in [-0.1, -0.05) is 15.9 Å². The van der Waals surface area contributed by atoms with Gasteiger partial charge < -0.3 is 9.47 Å². The van der Waals surface area contributed by atoms with Gasteiger partial charge in [0, 0.05) is 16.2 Å². The summed E-state index contributed by atoms with van der Waals surface area (Å²) in [4.78, 5) is 3.99. The van der Waals surface area contributed by atoms with Gasteiger partial charge in [-0.05, 0) is 30.3 Å². The van der Waals surface area contributed by atoms with Gasteiger partial charge in [0.05, 0.1) is 13.3 Å². The summed E-state index contributed by atoms with van der Waals surface area (Å²) in [6, 6.07) is 9.51. The Morgan fingerprint density at radius 3 is 2.82 bits per heavy atom. The first-order valence-corrected chi connectivity index (χ1v) is 5.94. The predicted octanol–water partition coefficient (Wildman–Crippen LogP) is 3.43. The first kappa shape index (κ1) is 11.9. The molecule has 4 heteroatoms. The number of rotatable bonds is 4. The summed E-state index contributed by atoms with van der Waals surface area (Å²) in [5.74, 6) is 1.57. The van der Waals surface area contributed by atoms with Crippen molar-refractivity contribution in [1.82, 2.24) is 4.98 Å². The molecule has 0 fully saturated rings. The van der Waals surface area contributed by atoms with Gasteiger partial charge >= 0.3 is 0 Å². The molecule has 0 N–H and O–H groups in total. The highest BCUT2D eigenvalue weighted by Gasteiger charge is 2.03. The third-order valence-corrected chi connectivity index (χ3v) is 3.06. The number of nitrogens with zero attached hydrogens (tertiary/aromatic N) is 1. The molecule has 0 bridgehead atoms. The van der Waals surface area contributed by atoms with Gasteiger partial charge in [-0.2, -0.15) is 0 Å². The van der Waals surface area contributed by atoms with E-state index >= 15 is 0 Å². The van der Waals surface area contributed by atoms with E-state index in [1.807, 2.05) is 30.3 Å². The first-order valence-electron chi connectivity index (χ1n) is 5.15. The average molecular weight is 294 g/mol. The van der Waals surface area contributed by atoms with Crippen molar-refractivity contribution >= 4 is 15.9 Å². The largest absolute Gasteiger partial charge is 0.497 e. The molecule has 0 amide bonds. The molecule has 1 aromatic heterocycles. The molecule has 1 aromatic carbocycles. The molecule has 0 spiro atoms. The fraction of sp³-hybridized carbons (Fsp3) is 0.154. The normalized spacial score (nSPS) is 10.0. The minimum Gasteiger partial charge on any atom is -0.497 e. The molecule has 2 aromatic rings. The number of pyridine rings is 1. The number of methoxy groups -OCH3 is 1. The zero-order valence-electron chi connectivity index (χ0n) is 9.39. The molecular formula is C13H12BrNO2. The third kappa shape index (κ3) is 3.20. The predicted molar refractivity (Wildman–Crippen MR) is 69.3 cm³/mol. The SMILES string of the molecule is COc1ccc(Br)c(COc2cccnc2)c1. The average Bonchev–Trinajstić information content (AvgIpc) is 2.39. The van der Waals surface area contributed by atoms with Crippen molar-refractivity contribution in [2.75, 3.05) is 7.11 Å². The van der Waals surface area contributed by atoms with Crippen molar-refractivity contribution in [3.63, 3.8) is 0 Å². The molecule has 88 valence electrons. The molecule has 0 saturated heterocycles. The molecule has 17 heavy (non-hydrogen) atoms. The zero-order valence-corrected chi connectivity index (χ0v) is 11.0. The number of hydrogen-bond acceptors (Lipinski definition) is 3. The lowest BCUT2D eigenvalue weighted by atomic mass is 10.2. The van der Waals surface area contributed by atoms with Crippen LogP contribution in [0.1, 0.15) is 5.56 Å². The van der Waals surface area contributed by atoms with Gasteiger partial charge in [0.2, 0.25) is 0 Å². The lowest BCUT2D eigenvalue weighted by Crippen LogP contribution is -1.97. The maximum absolute atomic E-state index is 5.62. The fourth-order valence-corrected chi connectivity index (χ4v) is 1.74. The van der Waals surface area contributed by atoms with Crippen molar-refractivity contribution in [1.29, 1.82) is 0 Å². The monoisotopic (exact) mass is 293 g/mol. The Kier molecular flexibility index (Phi) is 3.98. The second-order valence-corrected chi connectivity index (χ2v) is 4.29. The Bertz CT molecular complexity index is 488. The van der Waals surface area contributed by atoms with Crippen molar-refractivity contribution in [3.8, 4) is 11.5 Å². The molecule has 0 radical (unpaired) electrons. The maximum Gasteiger partial charge on any atom is 0.138 e. The lowest BCUT2D eigenvalue weighted by Gasteiger charge is -2.09. The Morgan fingerprint density at radius 2 is 2.12 bits per heavy atom. The van der Waals surface area contributed by atoms with Gasteiger partial charge in [0.1, 0.15) is 18.1 Å². The van der Waals surface area contributed by atoms with Crippen LogP contribution in [-0.2, 0) is 6.61 Å². The molecule has 0 aliphatic rings. The van der Waals surface area contributed by atoms with E-state index in [0.29, 0.717) is 6.61 Å². The van der Waals surface area contributed by atoms with Gasteiger partial charge in [0.25, 0.3) is 0 Å². The molecule has 0 aliphatic carbocycles. The summed E-state index contributed by atoms with van der Waals surface area (Å²) in [7, 11) is 1.65. The van der Waals surface area contributed by atoms with Gasteiger partial charge in [-0.3, -0.25) is 4.98 Å². The van der Waals surface area contributed by atoms with E-state index in [4.69, 9.17) is 9.47 Å². The molecule has 0 aliphatic heterocycles. The van der Waals surface area contributed by atoms with Crippen molar-refractivity contribution < 1.29 is 9.47 Å². The van der Waals surface area contributed by atoms with Crippen LogP contribution in [0.4, 0.5) is 0 Å². The first-order chi connectivity index (χ1) is 8.29. The van der Waals surface area contributed by atoms with Crippen molar-refractivity contribution in [2.45, 2.75) is 6.61 Å². The van der Waals surface area contributed by atoms with Gasteiger partial charge in [-0.15, -0.1) is 0 Å². The highest BCUT2D eigenvalue weighted by molar-refractivity contribution is 9.10. The summed E-state index contributed by atoms with van der Waals surface area (Å²) >= 11 is 3.48. The summed E-state index contributed by atoms with van der Waals surface area (Å²) in [6.07, 6.45) is 3.41. The molecule has 2 rings (SSSR count). The highest BCUT2D eigenvalue weighted by atomic mass is 79.9. The van der Waals surface area contributed by atoms with E-state index in [-0.39, 0.29) is 0 Å². The number of hydrogen-bond donors (Lipinski definition) is 0. The molecule has 1 heterocycles. The van der Waals surface area contributed by atoms with Crippen molar-refractivity contribution in [2.24, 2.45) is 0 Å². The fourth-order valence-electron chi connectivity index (χ4n) is 1.38. The van der Waals surface area contributed by atoms with Crippen LogP contribution < -0.4 is 9.47 Å². The smallest absolute Gasteiger partial charge is 0.138 e. The van der Waals surface area contributed by atoms with E-state index in [2.05, 4.69) is 20.9 Å². The van der Waals surface area contributed by atoms with Crippen LogP contribution in [0.5, 0.6) is 11.5 Å². The van der Waals surface area contributed by atoms with Crippen LogP contribution in [0.3, 0.4) is 0 Å². The summed E-state index contributed by atoms with van der Waals surface area (Å²) in [6.45, 7) is 0.476. The Balaban J connectivity index is 2.08. The van der Waals surface area contributed by atoms with Crippen LogP contribution in [0, 0.1) is 0 Å². The van der Waals surface area contributed by atoms with Gasteiger partial charge in [-0.25, -0.2) is 0 Å². The Labute approximate surface area is 109 Å². The highest BCUT2D eigenvalue weighted by Crippen LogP contribution is 2.23. The Hall–Kier alpha value is -1.55. The molecular weight excluding hydrogens is 282 g/mol. The van der Waals surface area contributed by atoms with E-state index in [0.717, 1.165) is 21.5 Å². The van der Waals surface area contributed by atoms with Crippen molar-refractivity contribution in [3.05, 3.63) is 52.8 Å². The van der Waals surface area contributed by atoms with E-state index in [1.165, 1.54) is 0 Å².